The summed E-state index contributed by atoms with van der Waals surface area (Å²) in [5.74, 6) is -0.323. The lowest BCUT2D eigenvalue weighted by Gasteiger charge is -2.01. The molecule has 0 aliphatic heterocycles. The fourth-order valence-corrected chi connectivity index (χ4v) is 1.34. The largest absolute Gasteiger partial charge is 0.463 e. The van der Waals surface area contributed by atoms with Gasteiger partial charge in [-0.3, -0.25) is 0 Å². The van der Waals surface area contributed by atoms with E-state index in [1.165, 1.54) is 18.9 Å². The van der Waals surface area contributed by atoms with Crippen LogP contribution in [0.4, 0.5) is 0 Å². The lowest BCUT2D eigenvalue weighted by atomic mass is 10.1. The molecule has 0 N–H and O–H groups in total. The van der Waals surface area contributed by atoms with Gasteiger partial charge in [0.25, 0.3) is 0 Å². The third-order valence-corrected chi connectivity index (χ3v) is 2.30. The van der Waals surface area contributed by atoms with E-state index in [9.17, 15) is 4.79 Å². The molecule has 0 aliphatic rings. The van der Waals surface area contributed by atoms with Crippen LogP contribution in [0.1, 0.15) is 45.4 Å². The van der Waals surface area contributed by atoms with Gasteiger partial charge in [0.05, 0.1) is 6.61 Å². The number of unbranched alkanes of at least 4 members (excludes halogenated alkanes) is 4. The van der Waals surface area contributed by atoms with Gasteiger partial charge >= 0.3 is 5.97 Å². The molecule has 0 amide bonds. The van der Waals surface area contributed by atoms with Crippen molar-refractivity contribution in [1.82, 2.24) is 0 Å². The predicted octanol–water partition coefficient (Wildman–Crippen LogP) is 4.19. The number of rotatable bonds is 10. The Morgan fingerprint density at radius 1 is 1.12 bits per heavy atom. The molecule has 0 spiro atoms. The van der Waals surface area contributed by atoms with Crippen LogP contribution in [0.15, 0.2) is 37.0 Å². The predicted molar refractivity (Wildman–Crippen MR) is 72.8 cm³/mol. The number of carbonyl (C=O) groups excluding carboxylic acids is 1. The molecule has 0 saturated carbocycles. The molecule has 0 aliphatic carbocycles. The third-order valence-electron chi connectivity index (χ3n) is 2.30. The molecule has 0 bridgehead atoms. The maximum atomic E-state index is 10.7. The average Bonchev–Trinajstić information content (AvgIpc) is 2.35. The SMILES string of the molecule is C=CC(=O)OCCCCCC/C=C/C=C\CC. The molecule has 0 saturated heterocycles. The van der Waals surface area contributed by atoms with Gasteiger partial charge in [-0.25, -0.2) is 4.79 Å². The van der Waals surface area contributed by atoms with Crippen molar-refractivity contribution in [3.63, 3.8) is 0 Å². The Bertz CT molecular complexity index is 252. The van der Waals surface area contributed by atoms with Gasteiger partial charge in [0.2, 0.25) is 0 Å². The van der Waals surface area contributed by atoms with E-state index in [0.717, 1.165) is 25.7 Å². The molecule has 0 radical (unpaired) electrons. The zero-order valence-corrected chi connectivity index (χ0v) is 10.9. The molecular formula is C15H24O2. The Morgan fingerprint density at radius 3 is 2.53 bits per heavy atom. The summed E-state index contributed by atoms with van der Waals surface area (Å²) < 4.78 is 4.88. The standard InChI is InChI=1S/C15H24O2/c1-3-5-6-7-8-9-10-11-12-13-14-17-15(16)4-2/h4-8H,2-3,9-14H2,1H3/b6-5-,8-7+. The van der Waals surface area contributed by atoms with Crippen molar-refractivity contribution in [2.24, 2.45) is 0 Å². The monoisotopic (exact) mass is 236 g/mol. The molecule has 0 heterocycles. The fraction of sp³-hybridized carbons (Fsp3) is 0.533. The van der Waals surface area contributed by atoms with E-state index in [2.05, 4.69) is 37.8 Å². The van der Waals surface area contributed by atoms with E-state index < -0.39 is 0 Å². The molecule has 2 nitrogen and oxygen atoms in total. The average molecular weight is 236 g/mol. The second-order valence-electron chi connectivity index (χ2n) is 3.84. The van der Waals surface area contributed by atoms with Crippen LogP contribution in [0.2, 0.25) is 0 Å². The molecule has 0 aromatic carbocycles. The minimum Gasteiger partial charge on any atom is -0.463 e. The van der Waals surface area contributed by atoms with E-state index in [-0.39, 0.29) is 5.97 Å². The third kappa shape index (κ3) is 12.6. The quantitative estimate of drug-likeness (QED) is 0.246. The van der Waals surface area contributed by atoms with Crippen LogP contribution in [-0.2, 0) is 9.53 Å². The van der Waals surface area contributed by atoms with Crippen molar-refractivity contribution in [3.8, 4) is 0 Å². The van der Waals surface area contributed by atoms with E-state index >= 15 is 0 Å². The van der Waals surface area contributed by atoms with Gasteiger partial charge in [-0.2, -0.15) is 0 Å². The second-order valence-corrected chi connectivity index (χ2v) is 3.84. The highest BCUT2D eigenvalue weighted by Gasteiger charge is 1.94. The van der Waals surface area contributed by atoms with Crippen LogP contribution >= 0.6 is 0 Å². The molecule has 2 heteroatoms. The van der Waals surface area contributed by atoms with Crippen LogP contribution in [0.25, 0.3) is 0 Å². The van der Waals surface area contributed by atoms with Crippen molar-refractivity contribution in [2.45, 2.75) is 45.4 Å². The smallest absolute Gasteiger partial charge is 0.330 e. The topological polar surface area (TPSA) is 26.3 Å². The number of esters is 1. The first-order chi connectivity index (χ1) is 8.31. The highest BCUT2D eigenvalue weighted by atomic mass is 16.5. The van der Waals surface area contributed by atoms with Gasteiger partial charge in [-0.15, -0.1) is 0 Å². The number of hydrogen-bond donors (Lipinski definition) is 0. The van der Waals surface area contributed by atoms with Crippen LogP contribution in [0, 0.1) is 0 Å². The summed E-state index contributed by atoms with van der Waals surface area (Å²) in [7, 11) is 0. The van der Waals surface area contributed by atoms with E-state index in [1.54, 1.807) is 0 Å². The van der Waals surface area contributed by atoms with Gasteiger partial charge in [-0.05, 0) is 25.7 Å². The van der Waals surface area contributed by atoms with Crippen molar-refractivity contribution >= 4 is 5.97 Å². The Balaban J connectivity index is 3.18. The van der Waals surface area contributed by atoms with Crippen molar-refractivity contribution in [2.75, 3.05) is 6.61 Å². The summed E-state index contributed by atoms with van der Waals surface area (Å²) in [5.41, 5.74) is 0. The highest BCUT2D eigenvalue weighted by Crippen LogP contribution is 2.04. The zero-order valence-electron chi connectivity index (χ0n) is 10.9. The Hall–Kier alpha value is -1.31. The first-order valence-corrected chi connectivity index (χ1v) is 6.42. The first-order valence-electron chi connectivity index (χ1n) is 6.42. The molecule has 0 aromatic heterocycles. The molecule has 0 rings (SSSR count). The summed E-state index contributed by atoms with van der Waals surface area (Å²) in [6.45, 7) is 5.99. The van der Waals surface area contributed by atoms with Crippen molar-refractivity contribution in [3.05, 3.63) is 37.0 Å². The van der Waals surface area contributed by atoms with Gasteiger partial charge < -0.3 is 4.74 Å². The minimum absolute atomic E-state index is 0.323. The lowest BCUT2D eigenvalue weighted by Crippen LogP contribution is -2.01. The van der Waals surface area contributed by atoms with Gasteiger partial charge in [0.1, 0.15) is 0 Å². The van der Waals surface area contributed by atoms with E-state index in [0.29, 0.717) is 6.61 Å². The van der Waals surface area contributed by atoms with Crippen LogP contribution in [0.3, 0.4) is 0 Å². The first kappa shape index (κ1) is 15.7. The summed E-state index contributed by atoms with van der Waals surface area (Å²) >= 11 is 0. The van der Waals surface area contributed by atoms with Crippen LogP contribution in [-0.4, -0.2) is 12.6 Å². The summed E-state index contributed by atoms with van der Waals surface area (Å²) in [6.07, 6.45) is 16.4. The fourth-order valence-electron chi connectivity index (χ4n) is 1.34. The second kappa shape index (κ2) is 12.8. The number of ether oxygens (including phenoxy) is 1. The van der Waals surface area contributed by atoms with Gasteiger partial charge in [0, 0.05) is 6.08 Å². The summed E-state index contributed by atoms with van der Waals surface area (Å²) in [4.78, 5) is 10.7. The summed E-state index contributed by atoms with van der Waals surface area (Å²) in [5, 5.41) is 0. The van der Waals surface area contributed by atoms with E-state index in [1.807, 2.05) is 0 Å². The molecule has 0 atom stereocenters. The number of hydrogen-bond acceptors (Lipinski definition) is 2. The van der Waals surface area contributed by atoms with E-state index in [4.69, 9.17) is 4.74 Å². The molecular weight excluding hydrogens is 212 g/mol. The Morgan fingerprint density at radius 2 is 1.82 bits per heavy atom. The molecule has 17 heavy (non-hydrogen) atoms. The molecule has 0 aromatic rings. The maximum absolute atomic E-state index is 10.7. The molecule has 0 unspecified atom stereocenters. The molecule has 0 fully saturated rings. The van der Waals surface area contributed by atoms with Crippen molar-refractivity contribution in [1.29, 1.82) is 0 Å². The Labute approximate surface area is 105 Å². The number of carbonyl (C=O) groups is 1. The minimum atomic E-state index is -0.323. The molecule has 96 valence electrons. The van der Waals surface area contributed by atoms with Gasteiger partial charge in [0.15, 0.2) is 0 Å². The van der Waals surface area contributed by atoms with Gasteiger partial charge in [-0.1, -0.05) is 50.6 Å². The highest BCUT2D eigenvalue weighted by molar-refractivity contribution is 5.81. The zero-order chi connectivity index (χ0) is 12.8. The van der Waals surface area contributed by atoms with Crippen LogP contribution < -0.4 is 0 Å². The lowest BCUT2D eigenvalue weighted by molar-refractivity contribution is -0.137. The van der Waals surface area contributed by atoms with Crippen LogP contribution in [0.5, 0.6) is 0 Å². The Kier molecular flexibility index (Phi) is 11.8. The normalized spacial score (nSPS) is 11.1. The maximum Gasteiger partial charge on any atom is 0.330 e. The number of allylic oxidation sites excluding steroid dienone is 4. The van der Waals surface area contributed by atoms with Crippen molar-refractivity contribution < 1.29 is 9.53 Å². The summed E-state index contributed by atoms with van der Waals surface area (Å²) in [6, 6.07) is 0.